The average molecular weight is 938 g/mol. The molecule has 0 N–H and O–H groups in total. The molecule has 2 unspecified atom stereocenters. The molecule has 0 saturated heterocycles. The normalized spacial score (nSPS) is 13.6. The maximum absolute atomic E-state index is 12.7. The van der Waals surface area contributed by atoms with E-state index in [1.807, 2.05) is 21.1 Å². The van der Waals surface area contributed by atoms with E-state index in [-0.39, 0.29) is 26.1 Å². The highest BCUT2D eigenvalue weighted by Crippen LogP contribution is 2.38. The van der Waals surface area contributed by atoms with Crippen molar-refractivity contribution in [1.82, 2.24) is 0 Å². The number of phosphoric acid groups is 1. The summed E-state index contributed by atoms with van der Waals surface area (Å²) < 4.78 is 34.0. The number of hydrogen-bond acceptors (Lipinski definition) is 8. The maximum Gasteiger partial charge on any atom is 0.306 e. The van der Waals surface area contributed by atoms with Gasteiger partial charge in [-0.15, -0.1) is 0 Å². The molecule has 0 bridgehead atoms. The van der Waals surface area contributed by atoms with Crippen molar-refractivity contribution in [2.75, 3.05) is 47.5 Å². The van der Waals surface area contributed by atoms with Crippen LogP contribution in [0.4, 0.5) is 0 Å². The zero-order chi connectivity index (χ0) is 47.8. The number of nitrogens with zero attached hydrogens (tertiary/aromatic N) is 1. The van der Waals surface area contributed by atoms with E-state index in [4.69, 9.17) is 18.5 Å². The summed E-state index contributed by atoms with van der Waals surface area (Å²) in [6.07, 6.45) is 56.2. The zero-order valence-corrected chi connectivity index (χ0v) is 44.1. The fraction of sp³-hybridized carbons (Fsp3) is 0.855. The van der Waals surface area contributed by atoms with Gasteiger partial charge in [0.1, 0.15) is 19.8 Å². The predicted molar refractivity (Wildman–Crippen MR) is 273 cm³/mol. The second-order valence-electron chi connectivity index (χ2n) is 19.6. The summed E-state index contributed by atoms with van der Waals surface area (Å²) in [5.74, 6) is -0.836. The molecule has 0 rings (SSSR count). The number of esters is 2. The van der Waals surface area contributed by atoms with Gasteiger partial charge in [0.25, 0.3) is 7.82 Å². The Hall–Kier alpha value is -1.77. The van der Waals surface area contributed by atoms with Gasteiger partial charge >= 0.3 is 11.9 Å². The third kappa shape index (κ3) is 51.5. The summed E-state index contributed by atoms with van der Waals surface area (Å²) in [5, 5.41) is 0. The van der Waals surface area contributed by atoms with Crippen molar-refractivity contribution < 1.29 is 42.1 Å². The Bertz CT molecular complexity index is 1200. The van der Waals surface area contributed by atoms with E-state index in [1.165, 1.54) is 154 Å². The quantitative estimate of drug-likeness (QED) is 0.0195. The number of allylic oxidation sites excluding steroid dienone is 6. The smallest absolute Gasteiger partial charge is 0.306 e. The lowest BCUT2D eigenvalue weighted by molar-refractivity contribution is -0.870. The lowest BCUT2D eigenvalue weighted by Crippen LogP contribution is -2.37. The minimum Gasteiger partial charge on any atom is -0.756 e. The molecule has 65 heavy (non-hydrogen) atoms. The number of rotatable bonds is 50. The van der Waals surface area contributed by atoms with E-state index in [0.717, 1.165) is 64.2 Å². The number of carbonyl (C=O) groups is 2. The Morgan fingerprint density at radius 1 is 0.477 bits per heavy atom. The summed E-state index contributed by atoms with van der Waals surface area (Å²) in [7, 11) is 1.17. The number of quaternary nitrogens is 1. The highest BCUT2D eigenvalue weighted by atomic mass is 31.2. The molecule has 0 fully saturated rings. The highest BCUT2D eigenvalue weighted by Gasteiger charge is 2.21. The molecule has 0 amide bonds. The van der Waals surface area contributed by atoms with E-state index in [1.54, 1.807) is 0 Å². The van der Waals surface area contributed by atoms with Gasteiger partial charge in [0.15, 0.2) is 6.10 Å². The van der Waals surface area contributed by atoms with Gasteiger partial charge in [-0.1, -0.05) is 204 Å². The first-order valence-electron chi connectivity index (χ1n) is 27.2. The SMILES string of the molecule is CCCCC/C=C\CCCCCCCC(=O)OCC(COP(=O)([O-])OCC[N+](C)(C)C)OC(=O)CCCCCCCCCCCCCCCCCCC/C=C\C/C=C\CCCCCCC. The van der Waals surface area contributed by atoms with Crippen molar-refractivity contribution in [1.29, 1.82) is 0 Å². The van der Waals surface area contributed by atoms with Gasteiger partial charge in [-0.05, 0) is 70.6 Å². The van der Waals surface area contributed by atoms with Gasteiger partial charge in [0.05, 0.1) is 27.7 Å². The minimum atomic E-state index is -4.63. The Morgan fingerprint density at radius 3 is 1.26 bits per heavy atom. The first-order chi connectivity index (χ1) is 31.5. The molecule has 0 aromatic heterocycles. The van der Waals surface area contributed by atoms with E-state index < -0.39 is 32.5 Å². The molecule has 0 heterocycles. The first kappa shape index (κ1) is 63.2. The topological polar surface area (TPSA) is 111 Å². The van der Waals surface area contributed by atoms with Crippen LogP contribution in [0, 0.1) is 0 Å². The zero-order valence-electron chi connectivity index (χ0n) is 43.2. The van der Waals surface area contributed by atoms with Crippen LogP contribution in [0.1, 0.15) is 251 Å². The fourth-order valence-electron chi connectivity index (χ4n) is 7.62. The van der Waals surface area contributed by atoms with Crippen molar-refractivity contribution in [3.8, 4) is 0 Å². The van der Waals surface area contributed by atoms with E-state index in [2.05, 4.69) is 50.3 Å². The molecule has 0 aliphatic rings. The van der Waals surface area contributed by atoms with Crippen LogP contribution in [0.2, 0.25) is 0 Å². The summed E-state index contributed by atoms with van der Waals surface area (Å²) in [4.78, 5) is 37.7. The number of hydrogen-bond donors (Lipinski definition) is 0. The van der Waals surface area contributed by atoms with Gasteiger partial charge in [0.2, 0.25) is 0 Å². The Labute approximate surface area is 401 Å². The second-order valence-corrected chi connectivity index (χ2v) is 21.0. The molecule has 10 heteroatoms. The lowest BCUT2D eigenvalue weighted by atomic mass is 10.0. The molecule has 2 atom stereocenters. The Morgan fingerprint density at radius 2 is 0.831 bits per heavy atom. The van der Waals surface area contributed by atoms with Crippen molar-refractivity contribution in [3.63, 3.8) is 0 Å². The monoisotopic (exact) mass is 938 g/mol. The number of ether oxygens (including phenoxy) is 2. The van der Waals surface area contributed by atoms with E-state index in [9.17, 15) is 19.0 Å². The van der Waals surface area contributed by atoms with Crippen molar-refractivity contribution in [3.05, 3.63) is 36.5 Å². The molecule has 0 aromatic rings. The molecule has 0 aliphatic heterocycles. The van der Waals surface area contributed by atoms with E-state index in [0.29, 0.717) is 17.4 Å². The standard InChI is InChI=1S/C55H104NO8P/c1-6-8-10-12-14-16-18-20-21-22-23-24-25-26-27-28-29-30-31-32-33-34-35-36-38-40-42-44-46-48-55(58)64-53(52-63-65(59,60)62-50-49-56(3,4)5)51-61-54(57)47-45-43-41-39-37-19-17-15-13-11-9-7-2/h15,17-18,20,22-23,53H,6-14,16,19,21,24-52H2,1-5H3/b17-15-,20-18-,23-22-. The minimum absolute atomic E-state index is 0.0309. The molecular weight excluding hydrogens is 834 g/mol. The van der Waals surface area contributed by atoms with Crippen LogP contribution in [-0.4, -0.2) is 70.0 Å². The molecule has 0 aliphatic carbocycles. The van der Waals surface area contributed by atoms with Gasteiger partial charge in [-0.3, -0.25) is 14.2 Å². The summed E-state index contributed by atoms with van der Waals surface area (Å²) in [6, 6.07) is 0. The average Bonchev–Trinajstić information content (AvgIpc) is 3.26. The van der Waals surface area contributed by atoms with Gasteiger partial charge < -0.3 is 27.9 Å². The van der Waals surface area contributed by atoms with E-state index >= 15 is 0 Å². The fourth-order valence-corrected chi connectivity index (χ4v) is 8.35. The van der Waals surface area contributed by atoms with Crippen LogP contribution >= 0.6 is 7.82 Å². The van der Waals surface area contributed by atoms with Gasteiger partial charge in [-0.25, -0.2) is 0 Å². The largest absolute Gasteiger partial charge is 0.756 e. The number of unbranched alkanes of at least 4 members (excludes halogenated alkanes) is 30. The molecule has 0 saturated carbocycles. The van der Waals surface area contributed by atoms with Crippen LogP contribution in [-0.2, 0) is 32.7 Å². The molecular formula is C55H104NO8P. The van der Waals surface area contributed by atoms with Crippen molar-refractivity contribution >= 4 is 19.8 Å². The summed E-state index contributed by atoms with van der Waals surface area (Å²) in [5.41, 5.74) is 0. The van der Waals surface area contributed by atoms with Crippen LogP contribution in [0.5, 0.6) is 0 Å². The van der Waals surface area contributed by atoms with Crippen LogP contribution in [0.25, 0.3) is 0 Å². The Kier molecular flexibility index (Phi) is 46.0. The predicted octanol–water partition coefficient (Wildman–Crippen LogP) is 15.8. The second kappa shape index (κ2) is 47.3. The van der Waals surface area contributed by atoms with Gasteiger partial charge in [-0.2, -0.15) is 0 Å². The lowest BCUT2D eigenvalue weighted by Gasteiger charge is -2.28. The molecule has 0 radical (unpaired) electrons. The summed E-state index contributed by atoms with van der Waals surface area (Å²) in [6.45, 7) is 4.21. The molecule has 0 aromatic carbocycles. The molecule has 9 nitrogen and oxygen atoms in total. The first-order valence-corrected chi connectivity index (χ1v) is 28.7. The van der Waals surface area contributed by atoms with Crippen molar-refractivity contribution in [2.24, 2.45) is 0 Å². The molecule has 382 valence electrons. The third-order valence-corrected chi connectivity index (χ3v) is 12.8. The highest BCUT2D eigenvalue weighted by molar-refractivity contribution is 7.45. The van der Waals surface area contributed by atoms with Crippen molar-refractivity contribution in [2.45, 2.75) is 258 Å². The number of carbonyl (C=O) groups excluding carboxylic acids is 2. The summed E-state index contributed by atoms with van der Waals surface area (Å²) >= 11 is 0. The van der Waals surface area contributed by atoms with Gasteiger partial charge in [0, 0.05) is 12.8 Å². The Balaban J connectivity index is 4.06. The van der Waals surface area contributed by atoms with Crippen LogP contribution < -0.4 is 4.89 Å². The van der Waals surface area contributed by atoms with Crippen LogP contribution in [0.15, 0.2) is 36.5 Å². The number of likely N-dealkylation sites (N-methyl/N-ethyl adjacent to an activating group) is 1. The number of phosphoric ester groups is 1. The maximum atomic E-state index is 12.7. The third-order valence-electron chi connectivity index (χ3n) is 11.9. The van der Waals surface area contributed by atoms with Crippen LogP contribution in [0.3, 0.4) is 0 Å². The molecule has 0 spiro atoms.